The third-order valence-electron chi connectivity index (χ3n) is 4.64. The average Bonchev–Trinajstić information content (AvgIpc) is 2.77. The Morgan fingerprint density at radius 1 is 1.03 bits per heavy atom. The van der Waals surface area contributed by atoms with Crippen molar-refractivity contribution in [1.29, 1.82) is 0 Å². The van der Waals surface area contributed by atoms with E-state index >= 15 is 0 Å². The molecule has 0 saturated heterocycles. The van der Waals surface area contributed by atoms with Gasteiger partial charge in [-0.1, -0.05) is 35.3 Å². The van der Waals surface area contributed by atoms with E-state index in [9.17, 15) is 24.2 Å². The van der Waals surface area contributed by atoms with Crippen LogP contribution in [0, 0.1) is 5.82 Å². The van der Waals surface area contributed by atoms with Crippen LogP contribution < -0.4 is 16.0 Å². The molecule has 0 amide bonds. The quantitative estimate of drug-likeness (QED) is 0.390. The van der Waals surface area contributed by atoms with Crippen molar-refractivity contribution in [2.75, 3.05) is 0 Å². The Balaban J connectivity index is 1.66. The molecule has 0 aliphatic rings. The Kier molecular flexibility index (Phi) is 6.19. The summed E-state index contributed by atoms with van der Waals surface area (Å²) in [5, 5.41) is 24.6. The summed E-state index contributed by atoms with van der Waals surface area (Å²) in [6, 6.07) is 12.0. The fourth-order valence-corrected chi connectivity index (χ4v) is 3.61. The zero-order chi connectivity index (χ0) is 23.7. The second-order valence-corrected chi connectivity index (χ2v) is 7.68. The molecule has 3 N–H and O–H groups in total. The van der Waals surface area contributed by atoms with Crippen LogP contribution in [0.2, 0.25) is 10.0 Å². The average molecular weight is 490 g/mol. The summed E-state index contributed by atoms with van der Waals surface area (Å²) in [4.78, 5) is 25.3. The maximum atomic E-state index is 13.2. The minimum Gasteiger partial charge on any atom is -0.508 e. The smallest absolute Gasteiger partial charge is 0.349 e. The Hall–Kier alpha value is -3.66. The number of hydrogen-bond acceptors (Lipinski definition) is 6. The van der Waals surface area contributed by atoms with E-state index in [-0.39, 0.29) is 38.5 Å². The van der Waals surface area contributed by atoms with Gasteiger partial charge in [0, 0.05) is 5.56 Å². The molecular formula is C22H14Cl2FN3O5. The van der Waals surface area contributed by atoms with Gasteiger partial charge < -0.3 is 14.9 Å². The summed E-state index contributed by atoms with van der Waals surface area (Å²) in [7, 11) is 0. The first-order chi connectivity index (χ1) is 15.7. The van der Waals surface area contributed by atoms with Crippen molar-refractivity contribution >= 4 is 23.2 Å². The minimum atomic E-state index is -1.25. The molecule has 3 aromatic carbocycles. The number of H-pyrrole nitrogens is 1. The molecule has 1 unspecified atom stereocenters. The van der Waals surface area contributed by atoms with Crippen molar-refractivity contribution < 1.29 is 19.3 Å². The molecule has 4 rings (SSSR count). The Bertz CT molecular complexity index is 1430. The first-order valence-electron chi connectivity index (χ1n) is 9.35. The number of rotatable bonds is 5. The highest BCUT2D eigenvalue weighted by atomic mass is 35.5. The molecular weight excluding hydrogens is 476 g/mol. The lowest BCUT2D eigenvalue weighted by Crippen LogP contribution is -2.30. The summed E-state index contributed by atoms with van der Waals surface area (Å²) in [5.74, 6) is -0.415. The molecule has 0 fully saturated rings. The van der Waals surface area contributed by atoms with E-state index in [4.69, 9.17) is 27.9 Å². The molecule has 4 aromatic rings. The van der Waals surface area contributed by atoms with E-state index in [0.29, 0.717) is 5.56 Å². The second-order valence-electron chi connectivity index (χ2n) is 6.87. The standard InChI is InChI=1S/C22H14Cl2FN3O5/c23-16-7-13(28-22(32)27-19(30)10-26-28)8-17(24)21(16)33-14-5-6-18(29)15(9-14)20(31)11-1-3-12(25)4-2-11/h1-10,20,29,31H,(H,27,30,32). The number of ether oxygens (including phenoxy) is 1. The zero-order valence-corrected chi connectivity index (χ0v) is 18.0. The van der Waals surface area contributed by atoms with E-state index in [0.717, 1.165) is 10.9 Å². The highest BCUT2D eigenvalue weighted by molar-refractivity contribution is 6.37. The van der Waals surface area contributed by atoms with Gasteiger partial charge in [0.05, 0.1) is 15.7 Å². The maximum Gasteiger partial charge on any atom is 0.349 e. The number of phenols is 1. The van der Waals surface area contributed by atoms with Gasteiger partial charge in [0.2, 0.25) is 0 Å². The van der Waals surface area contributed by atoms with Crippen LogP contribution in [0.25, 0.3) is 5.69 Å². The van der Waals surface area contributed by atoms with Crippen molar-refractivity contribution in [3.8, 4) is 22.9 Å². The van der Waals surface area contributed by atoms with Crippen LogP contribution in [0.15, 0.2) is 70.4 Å². The summed E-state index contributed by atoms with van der Waals surface area (Å²) < 4.78 is 19.8. The third-order valence-corrected chi connectivity index (χ3v) is 5.20. The number of benzene rings is 3. The lowest BCUT2D eigenvalue weighted by atomic mass is 10.0. The molecule has 168 valence electrons. The molecule has 0 aliphatic heterocycles. The van der Waals surface area contributed by atoms with Gasteiger partial charge >= 0.3 is 5.69 Å². The Morgan fingerprint density at radius 2 is 1.70 bits per heavy atom. The summed E-state index contributed by atoms with van der Waals surface area (Å²) >= 11 is 12.6. The Labute approximate surface area is 195 Å². The topological polar surface area (TPSA) is 117 Å². The molecule has 0 radical (unpaired) electrons. The number of aromatic nitrogens is 3. The monoisotopic (exact) mass is 489 g/mol. The number of nitrogens with zero attached hydrogens (tertiary/aromatic N) is 2. The van der Waals surface area contributed by atoms with E-state index in [1.807, 2.05) is 0 Å². The largest absolute Gasteiger partial charge is 0.508 e. The number of nitrogens with one attached hydrogen (secondary N) is 1. The Morgan fingerprint density at radius 3 is 2.33 bits per heavy atom. The lowest BCUT2D eigenvalue weighted by molar-refractivity contribution is 0.215. The van der Waals surface area contributed by atoms with Gasteiger partial charge in [-0.2, -0.15) is 9.78 Å². The molecule has 1 atom stereocenters. The number of hydrogen-bond donors (Lipinski definition) is 3. The van der Waals surface area contributed by atoms with Gasteiger partial charge in [0.15, 0.2) is 5.75 Å². The highest BCUT2D eigenvalue weighted by Gasteiger charge is 2.18. The molecule has 0 aliphatic carbocycles. The first-order valence-corrected chi connectivity index (χ1v) is 10.1. The first kappa shape index (κ1) is 22.5. The predicted octanol–water partition coefficient (Wildman–Crippen LogP) is 3.95. The maximum absolute atomic E-state index is 13.2. The van der Waals surface area contributed by atoms with Crippen LogP contribution in [0.4, 0.5) is 4.39 Å². The van der Waals surface area contributed by atoms with Crippen LogP contribution >= 0.6 is 23.2 Å². The molecule has 0 bridgehead atoms. The molecule has 0 saturated carbocycles. The number of aliphatic hydroxyl groups is 1. The minimum absolute atomic E-state index is 0.0334. The van der Waals surface area contributed by atoms with E-state index in [1.165, 1.54) is 54.6 Å². The van der Waals surface area contributed by atoms with Crippen LogP contribution in [0.1, 0.15) is 17.2 Å². The van der Waals surface area contributed by atoms with Crippen molar-refractivity contribution in [3.05, 3.63) is 109 Å². The third kappa shape index (κ3) is 4.75. The van der Waals surface area contributed by atoms with Gasteiger partial charge in [0.1, 0.15) is 29.6 Å². The van der Waals surface area contributed by atoms with Crippen molar-refractivity contribution in [3.63, 3.8) is 0 Å². The van der Waals surface area contributed by atoms with Gasteiger partial charge in [-0.3, -0.25) is 9.78 Å². The van der Waals surface area contributed by atoms with Gasteiger partial charge in [-0.25, -0.2) is 9.18 Å². The number of halogens is 3. The van der Waals surface area contributed by atoms with Crippen molar-refractivity contribution in [1.82, 2.24) is 14.8 Å². The summed E-state index contributed by atoms with van der Waals surface area (Å²) in [6.07, 6.45) is -0.321. The number of aromatic amines is 1. The van der Waals surface area contributed by atoms with Crippen LogP contribution in [0.3, 0.4) is 0 Å². The molecule has 1 heterocycles. The van der Waals surface area contributed by atoms with Crippen molar-refractivity contribution in [2.45, 2.75) is 6.10 Å². The number of aromatic hydroxyl groups is 1. The van der Waals surface area contributed by atoms with Gasteiger partial charge in [-0.05, 0) is 48.0 Å². The van der Waals surface area contributed by atoms with Crippen LogP contribution in [-0.4, -0.2) is 25.0 Å². The van der Waals surface area contributed by atoms with Crippen LogP contribution in [0.5, 0.6) is 17.2 Å². The molecule has 0 spiro atoms. The molecule has 11 heteroatoms. The summed E-state index contributed by atoms with van der Waals surface area (Å²) in [6.45, 7) is 0. The van der Waals surface area contributed by atoms with E-state index in [1.54, 1.807) is 0 Å². The van der Waals surface area contributed by atoms with Crippen molar-refractivity contribution in [2.24, 2.45) is 0 Å². The number of aliphatic hydroxyl groups excluding tert-OH is 1. The predicted molar refractivity (Wildman–Crippen MR) is 119 cm³/mol. The fraction of sp³-hybridized carbons (Fsp3) is 0.0455. The molecule has 8 nitrogen and oxygen atoms in total. The van der Waals surface area contributed by atoms with Gasteiger partial charge in [-0.15, -0.1) is 0 Å². The molecule has 1 aromatic heterocycles. The second kappa shape index (κ2) is 9.07. The lowest BCUT2D eigenvalue weighted by Gasteiger charge is -2.16. The van der Waals surface area contributed by atoms with Crippen LogP contribution in [-0.2, 0) is 0 Å². The van der Waals surface area contributed by atoms with E-state index < -0.39 is 23.2 Å². The zero-order valence-electron chi connectivity index (χ0n) is 16.5. The summed E-state index contributed by atoms with van der Waals surface area (Å²) in [5.41, 5.74) is -0.757. The van der Waals surface area contributed by atoms with E-state index in [2.05, 4.69) is 10.1 Å². The molecule has 33 heavy (non-hydrogen) atoms. The SMILES string of the molecule is O=c1cnn(-c2cc(Cl)c(Oc3ccc(O)c(C(O)c4ccc(F)cc4)c3)c(Cl)c2)c(=O)[nH]1. The normalized spacial score (nSPS) is 11.9. The van der Waals surface area contributed by atoms with Gasteiger partial charge in [0.25, 0.3) is 5.56 Å². The fourth-order valence-electron chi connectivity index (χ4n) is 3.06. The number of phenolic OH excluding ortho intramolecular Hbond substituents is 1. The highest BCUT2D eigenvalue weighted by Crippen LogP contribution is 2.40.